The van der Waals surface area contributed by atoms with E-state index in [1.807, 2.05) is 24.3 Å². The number of carbonyl (C=O) groups excluding carboxylic acids is 2. The number of imide groups is 1. The quantitative estimate of drug-likeness (QED) is 0.753. The van der Waals surface area contributed by atoms with E-state index < -0.39 is 6.04 Å². The summed E-state index contributed by atoms with van der Waals surface area (Å²) < 4.78 is 0.822. The third kappa shape index (κ3) is 3.22. The second-order valence-corrected chi connectivity index (χ2v) is 6.74. The Bertz CT molecular complexity index is 797. The van der Waals surface area contributed by atoms with E-state index in [1.54, 1.807) is 12.1 Å². The lowest BCUT2D eigenvalue weighted by Gasteiger charge is -2.17. The van der Waals surface area contributed by atoms with Gasteiger partial charge in [-0.3, -0.25) is 9.59 Å². The number of nitrogens with zero attached hydrogens (tertiary/aromatic N) is 1. The molecule has 23 heavy (non-hydrogen) atoms. The van der Waals surface area contributed by atoms with Crippen LogP contribution in [0.25, 0.3) is 0 Å². The summed E-state index contributed by atoms with van der Waals surface area (Å²) in [7, 11) is 0. The summed E-state index contributed by atoms with van der Waals surface area (Å²) in [6.07, 6.45) is 0.0686. The number of benzene rings is 2. The maximum atomic E-state index is 12.6. The molecule has 0 aromatic heterocycles. The largest absolute Gasteiger partial charge is 0.372 e. The Morgan fingerprint density at radius 1 is 1.13 bits per heavy atom. The molecule has 7 heteroatoms. The molecule has 0 spiro atoms. The summed E-state index contributed by atoms with van der Waals surface area (Å²) in [5.41, 5.74) is 1.10. The number of halogens is 3. The van der Waals surface area contributed by atoms with Gasteiger partial charge in [-0.05, 0) is 46.3 Å². The smallest absolute Gasteiger partial charge is 0.256 e. The van der Waals surface area contributed by atoms with E-state index in [0.717, 1.165) is 15.1 Å². The predicted octanol–water partition coefficient (Wildman–Crippen LogP) is 4.50. The van der Waals surface area contributed by atoms with Crippen LogP contribution in [0.15, 0.2) is 46.9 Å². The van der Waals surface area contributed by atoms with E-state index >= 15 is 0 Å². The minimum Gasteiger partial charge on any atom is -0.372 e. The molecular formula is C16H11BrCl2N2O2. The molecule has 1 saturated heterocycles. The van der Waals surface area contributed by atoms with E-state index in [2.05, 4.69) is 21.2 Å². The number of rotatable bonds is 3. The highest BCUT2D eigenvalue weighted by Crippen LogP contribution is 2.33. The zero-order chi connectivity index (χ0) is 16.6. The van der Waals surface area contributed by atoms with Gasteiger partial charge in [0.2, 0.25) is 5.91 Å². The first-order chi connectivity index (χ1) is 11.0. The van der Waals surface area contributed by atoms with Crippen LogP contribution in [0.5, 0.6) is 0 Å². The molecule has 1 fully saturated rings. The summed E-state index contributed by atoms with van der Waals surface area (Å²) in [6.45, 7) is 0. The van der Waals surface area contributed by atoms with Gasteiger partial charge in [-0.25, -0.2) is 4.90 Å². The van der Waals surface area contributed by atoms with Gasteiger partial charge in [-0.1, -0.05) is 35.3 Å². The molecule has 0 aliphatic carbocycles. The Hall–Kier alpha value is -1.56. The van der Waals surface area contributed by atoms with Crippen molar-refractivity contribution in [3.05, 3.63) is 57.0 Å². The average molecular weight is 414 g/mol. The number of para-hydroxylation sites is 1. The first kappa shape index (κ1) is 16.3. The first-order valence-corrected chi connectivity index (χ1v) is 8.35. The van der Waals surface area contributed by atoms with Crippen LogP contribution in [0.2, 0.25) is 10.0 Å². The van der Waals surface area contributed by atoms with Crippen molar-refractivity contribution in [3.8, 4) is 0 Å². The second-order valence-electron chi connectivity index (χ2n) is 5.04. The van der Waals surface area contributed by atoms with Crippen LogP contribution in [0, 0.1) is 0 Å². The highest BCUT2D eigenvalue weighted by Gasteiger charge is 2.40. The maximum absolute atomic E-state index is 12.6. The summed E-state index contributed by atoms with van der Waals surface area (Å²) in [6, 6.07) is 11.5. The van der Waals surface area contributed by atoms with Gasteiger partial charge in [0.05, 0.1) is 17.1 Å². The highest BCUT2D eigenvalue weighted by atomic mass is 79.9. The molecule has 0 radical (unpaired) electrons. The molecule has 1 aliphatic heterocycles. The van der Waals surface area contributed by atoms with Crippen molar-refractivity contribution in [2.24, 2.45) is 0 Å². The van der Waals surface area contributed by atoms with E-state index in [0.29, 0.717) is 10.7 Å². The third-order valence-electron chi connectivity index (χ3n) is 3.50. The number of carbonyl (C=O) groups is 2. The lowest BCUT2D eigenvalue weighted by Crippen LogP contribution is -2.35. The molecule has 0 saturated carbocycles. The summed E-state index contributed by atoms with van der Waals surface area (Å²) in [5.74, 6) is -0.640. The Morgan fingerprint density at radius 2 is 1.87 bits per heavy atom. The van der Waals surface area contributed by atoms with Gasteiger partial charge in [0.25, 0.3) is 5.91 Å². The normalized spacial score (nSPS) is 17.7. The van der Waals surface area contributed by atoms with E-state index in [4.69, 9.17) is 23.2 Å². The van der Waals surface area contributed by atoms with Crippen LogP contribution in [0.1, 0.15) is 6.42 Å². The SMILES string of the molecule is O=C1CC(Nc2ccccc2Br)C(=O)N1c1ccc(Cl)cc1Cl. The molecule has 0 bridgehead atoms. The summed E-state index contributed by atoms with van der Waals surface area (Å²) in [4.78, 5) is 26.0. The molecule has 2 amide bonds. The zero-order valence-corrected chi connectivity index (χ0v) is 14.8. The highest BCUT2D eigenvalue weighted by molar-refractivity contribution is 9.10. The van der Waals surface area contributed by atoms with Gasteiger partial charge < -0.3 is 5.32 Å². The van der Waals surface area contributed by atoms with Crippen molar-refractivity contribution in [2.45, 2.75) is 12.5 Å². The molecule has 2 aromatic rings. The Balaban J connectivity index is 1.87. The van der Waals surface area contributed by atoms with Crippen molar-refractivity contribution < 1.29 is 9.59 Å². The van der Waals surface area contributed by atoms with Gasteiger partial charge >= 0.3 is 0 Å². The topological polar surface area (TPSA) is 49.4 Å². The van der Waals surface area contributed by atoms with Crippen LogP contribution in [0.3, 0.4) is 0 Å². The minimum absolute atomic E-state index is 0.0686. The number of hydrogen-bond donors (Lipinski definition) is 1. The van der Waals surface area contributed by atoms with Crippen molar-refractivity contribution in [3.63, 3.8) is 0 Å². The second kappa shape index (κ2) is 6.51. The molecule has 1 N–H and O–H groups in total. The van der Waals surface area contributed by atoms with E-state index in [-0.39, 0.29) is 23.3 Å². The molecule has 2 aromatic carbocycles. The van der Waals surface area contributed by atoms with Crippen LogP contribution < -0.4 is 10.2 Å². The number of amides is 2. The van der Waals surface area contributed by atoms with Gasteiger partial charge in [-0.15, -0.1) is 0 Å². The van der Waals surface area contributed by atoms with Crippen molar-refractivity contribution in [2.75, 3.05) is 10.2 Å². The maximum Gasteiger partial charge on any atom is 0.256 e. The Labute approximate surface area is 151 Å². The minimum atomic E-state index is -0.632. The molecule has 118 valence electrons. The lowest BCUT2D eigenvalue weighted by atomic mass is 10.2. The van der Waals surface area contributed by atoms with Crippen LogP contribution in [-0.4, -0.2) is 17.9 Å². The van der Waals surface area contributed by atoms with Crippen molar-refractivity contribution >= 4 is 62.3 Å². The average Bonchev–Trinajstić information content (AvgIpc) is 2.77. The predicted molar refractivity (Wildman–Crippen MR) is 95.1 cm³/mol. The Kier molecular flexibility index (Phi) is 4.62. The standard InChI is InChI=1S/C16H11BrCl2N2O2/c17-10-3-1-2-4-12(10)20-13-8-15(22)21(16(13)23)14-6-5-9(18)7-11(14)19/h1-7,13,20H,8H2. The van der Waals surface area contributed by atoms with Gasteiger partial charge in [0.1, 0.15) is 6.04 Å². The fraction of sp³-hybridized carbons (Fsp3) is 0.125. The van der Waals surface area contributed by atoms with Crippen LogP contribution >= 0.6 is 39.1 Å². The third-order valence-corrected chi connectivity index (χ3v) is 4.73. The molecular weight excluding hydrogens is 403 g/mol. The Morgan fingerprint density at radius 3 is 2.57 bits per heavy atom. The molecule has 1 aliphatic rings. The van der Waals surface area contributed by atoms with Crippen molar-refractivity contribution in [1.29, 1.82) is 0 Å². The van der Waals surface area contributed by atoms with Gasteiger partial charge in [0, 0.05) is 15.2 Å². The molecule has 4 nitrogen and oxygen atoms in total. The molecule has 1 atom stereocenters. The van der Waals surface area contributed by atoms with E-state index in [1.165, 1.54) is 6.07 Å². The fourth-order valence-corrected chi connectivity index (χ4v) is 3.32. The lowest BCUT2D eigenvalue weighted by molar-refractivity contribution is -0.121. The van der Waals surface area contributed by atoms with Gasteiger partial charge in [-0.2, -0.15) is 0 Å². The summed E-state index contributed by atoms with van der Waals surface area (Å²) >= 11 is 15.4. The molecule has 1 heterocycles. The number of nitrogens with one attached hydrogen (secondary N) is 1. The fourth-order valence-electron chi connectivity index (χ4n) is 2.43. The summed E-state index contributed by atoms with van der Waals surface area (Å²) in [5, 5.41) is 3.80. The molecule has 1 unspecified atom stereocenters. The monoisotopic (exact) mass is 412 g/mol. The molecule has 3 rings (SSSR count). The first-order valence-electron chi connectivity index (χ1n) is 6.80. The van der Waals surface area contributed by atoms with Crippen LogP contribution in [-0.2, 0) is 9.59 Å². The van der Waals surface area contributed by atoms with Crippen LogP contribution in [0.4, 0.5) is 11.4 Å². The zero-order valence-electron chi connectivity index (χ0n) is 11.7. The van der Waals surface area contributed by atoms with Gasteiger partial charge in [0.15, 0.2) is 0 Å². The number of hydrogen-bond acceptors (Lipinski definition) is 3. The van der Waals surface area contributed by atoms with Crippen molar-refractivity contribution in [1.82, 2.24) is 0 Å². The number of anilines is 2. The van der Waals surface area contributed by atoms with E-state index in [9.17, 15) is 9.59 Å².